The van der Waals surface area contributed by atoms with Crippen molar-refractivity contribution < 1.29 is 4.39 Å². The maximum atomic E-state index is 13.4. The van der Waals surface area contributed by atoms with Gasteiger partial charge in [-0.3, -0.25) is 0 Å². The van der Waals surface area contributed by atoms with Crippen LogP contribution in [0.25, 0.3) is 0 Å². The minimum absolute atomic E-state index is 0.0521. The summed E-state index contributed by atoms with van der Waals surface area (Å²) in [4.78, 5) is 1.02. The van der Waals surface area contributed by atoms with E-state index in [-0.39, 0.29) is 10.6 Å². The third-order valence-corrected chi connectivity index (χ3v) is 6.13. The van der Waals surface area contributed by atoms with Gasteiger partial charge in [0.15, 0.2) is 0 Å². The lowest BCUT2D eigenvalue weighted by Crippen LogP contribution is -1.93. The number of halogens is 4. The Balaban J connectivity index is 2.43. The highest BCUT2D eigenvalue weighted by Crippen LogP contribution is 2.41. The average molecular weight is 399 g/mol. The van der Waals surface area contributed by atoms with Crippen LogP contribution >= 0.6 is 54.8 Å². The Kier molecular flexibility index (Phi) is 4.29. The molecule has 0 aliphatic carbocycles. The third kappa shape index (κ3) is 2.75. The molecule has 0 aliphatic rings. The van der Waals surface area contributed by atoms with E-state index >= 15 is 0 Å². The van der Waals surface area contributed by atoms with E-state index in [0.717, 1.165) is 20.3 Å². The van der Waals surface area contributed by atoms with Crippen LogP contribution in [0.3, 0.4) is 0 Å². The lowest BCUT2D eigenvalue weighted by molar-refractivity contribution is 0.619. The van der Waals surface area contributed by atoms with E-state index in [1.165, 1.54) is 17.4 Å². The molecule has 90 valence electrons. The molecule has 0 saturated carbocycles. The molecule has 0 aliphatic heterocycles. The van der Waals surface area contributed by atoms with E-state index in [1.807, 2.05) is 19.1 Å². The summed E-state index contributed by atoms with van der Waals surface area (Å²) >= 11 is 14.4. The van der Waals surface area contributed by atoms with Crippen LogP contribution in [-0.2, 0) is 0 Å². The van der Waals surface area contributed by atoms with E-state index in [9.17, 15) is 4.39 Å². The van der Waals surface area contributed by atoms with Gasteiger partial charge in [-0.1, -0.05) is 39.7 Å². The molecule has 2 aromatic rings. The lowest BCUT2D eigenvalue weighted by Gasteiger charge is -2.10. The largest absolute Gasteiger partial charge is 0.206 e. The quantitative estimate of drug-likeness (QED) is 0.537. The maximum Gasteiger partial charge on any atom is 0.137 e. The summed E-state index contributed by atoms with van der Waals surface area (Å²) in [5, 5.41) is 0. The van der Waals surface area contributed by atoms with Crippen LogP contribution in [0.15, 0.2) is 28.7 Å². The molecule has 5 heteroatoms. The van der Waals surface area contributed by atoms with Crippen molar-refractivity contribution in [2.45, 2.75) is 11.8 Å². The zero-order valence-electron chi connectivity index (χ0n) is 8.81. The van der Waals surface area contributed by atoms with Crippen molar-refractivity contribution in [2.24, 2.45) is 0 Å². The Morgan fingerprint density at radius 1 is 1.41 bits per heavy atom. The topological polar surface area (TPSA) is 0 Å². The second-order valence-corrected chi connectivity index (χ2v) is 7.01. The van der Waals surface area contributed by atoms with Gasteiger partial charge in [-0.15, -0.1) is 11.3 Å². The van der Waals surface area contributed by atoms with Gasteiger partial charge in [0.1, 0.15) is 5.82 Å². The number of benzene rings is 1. The van der Waals surface area contributed by atoms with E-state index in [4.69, 9.17) is 11.6 Å². The Bertz CT molecular complexity index is 534. The van der Waals surface area contributed by atoms with Crippen LogP contribution in [0.5, 0.6) is 0 Å². The molecular weight excluding hydrogens is 390 g/mol. The zero-order valence-corrected chi connectivity index (χ0v) is 13.6. The highest BCUT2D eigenvalue weighted by Gasteiger charge is 2.18. The summed E-state index contributed by atoms with van der Waals surface area (Å²) < 4.78 is 14.7. The van der Waals surface area contributed by atoms with Gasteiger partial charge in [0.2, 0.25) is 0 Å². The number of aryl methyl sites for hydroxylation is 1. The van der Waals surface area contributed by atoms with Crippen molar-refractivity contribution in [3.63, 3.8) is 0 Å². The standard InChI is InChI=1S/C12H8Br2ClFS/c1-6-5-9(17-12(6)15)11(14)7-3-2-4-8(16)10(7)13/h2-5,11H,1H3. The zero-order chi connectivity index (χ0) is 12.6. The van der Waals surface area contributed by atoms with Crippen molar-refractivity contribution in [1.82, 2.24) is 0 Å². The van der Waals surface area contributed by atoms with Crippen LogP contribution in [-0.4, -0.2) is 0 Å². The lowest BCUT2D eigenvalue weighted by atomic mass is 10.1. The monoisotopic (exact) mass is 396 g/mol. The number of rotatable bonds is 2. The first-order valence-electron chi connectivity index (χ1n) is 4.84. The highest BCUT2D eigenvalue weighted by molar-refractivity contribution is 9.11. The number of hydrogen-bond donors (Lipinski definition) is 0. The minimum Gasteiger partial charge on any atom is -0.206 e. The van der Waals surface area contributed by atoms with Crippen molar-refractivity contribution in [3.8, 4) is 0 Å². The van der Waals surface area contributed by atoms with Gasteiger partial charge in [0.25, 0.3) is 0 Å². The molecule has 2 rings (SSSR count). The molecular formula is C12H8Br2ClFS. The number of alkyl halides is 1. The van der Waals surface area contributed by atoms with Gasteiger partial charge < -0.3 is 0 Å². The predicted octanol–water partition coefficient (Wildman–Crippen LogP) is 6.10. The molecule has 0 spiro atoms. The minimum atomic E-state index is -0.258. The molecule has 0 fully saturated rings. The van der Waals surface area contributed by atoms with Gasteiger partial charge in [0.05, 0.1) is 13.6 Å². The second-order valence-electron chi connectivity index (χ2n) is 3.61. The molecule has 0 N–H and O–H groups in total. The Hall–Kier alpha value is 0.1000. The smallest absolute Gasteiger partial charge is 0.137 e. The second kappa shape index (κ2) is 5.39. The Labute approximate surface area is 125 Å². The Morgan fingerprint density at radius 3 is 2.71 bits per heavy atom. The van der Waals surface area contributed by atoms with E-state index in [0.29, 0.717) is 4.47 Å². The first-order valence-corrected chi connectivity index (χ1v) is 7.75. The fraction of sp³-hybridized carbons (Fsp3) is 0.167. The summed E-state index contributed by atoms with van der Waals surface area (Å²) in [6.07, 6.45) is 0. The summed E-state index contributed by atoms with van der Waals surface area (Å²) in [6, 6.07) is 7.03. The van der Waals surface area contributed by atoms with Gasteiger partial charge in [-0.25, -0.2) is 4.39 Å². The van der Waals surface area contributed by atoms with Crippen molar-refractivity contribution in [3.05, 3.63) is 54.9 Å². The summed E-state index contributed by atoms with van der Waals surface area (Å²) in [6.45, 7) is 1.96. The van der Waals surface area contributed by atoms with Crippen molar-refractivity contribution >= 4 is 54.8 Å². The molecule has 0 bridgehead atoms. The van der Waals surface area contributed by atoms with Crippen molar-refractivity contribution in [1.29, 1.82) is 0 Å². The van der Waals surface area contributed by atoms with Gasteiger partial charge >= 0.3 is 0 Å². The number of thiophene rings is 1. The molecule has 1 aromatic heterocycles. The van der Waals surface area contributed by atoms with Crippen LogP contribution in [0.1, 0.15) is 20.8 Å². The van der Waals surface area contributed by atoms with E-state index in [2.05, 4.69) is 31.9 Å². The number of hydrogen-bond acceptors (Lipinski definition) is 1. The molecule has 0 saturated heterocycles. The molecule has 1 atom stereocenters. The summed E-state index contributed by atoms with van der Waals surface area (Å²) in [5.41, 5.74) is 1.91. The molecule has 1 aromatic carbocycles. The molecule has 1 unspecified atom stereocenters. The molecule has 17 heavy (non-hydrogen) atoms. The van der Waals surface area contributed by atoms with Crippen molar-refractivity contribution in [2.75, 3.05) is 0 Å². The van der Waals surface area contributed by atoms with E-state index < -0.39 is 0 Å². The van der Waals surface area contributed by atoms with Gasteiger partial charge in [0, 0.05) is 4.88 Å². The molecule has 1 heterocycles. The van der Waals surface area contributed by atoms with Crippen LogP contribution in [0, 0.1) is 12.7 Å². The average Bonchev–Trinajstić information content (AvgIpc) is 2.62. The first-order chi connectivity index (χ1) is 8.00. The van der Waals surface area contributed by atoms with Crippen LogP contribution in [0.2, 0.25) is 4.34 Å². The van der Waals surface area contributed by atoms with E-state index in [1.54, 1.807) is 6.07 Å². The Morgan fingerprint density at radius 2 is 2.12 bits per heavy atom. The summed E-state index contributed by atoms with van der Waals surface area (Å²) in [7, 11) is 0. The van der Waals surface area contributed by atoms with Gasteiger partial charge in [-0.05, 0) is 46.1 Å². The van der Waals surface area contributed by atoms with Crippen LogP contribution in [0.4, 0.5) is 4.39 Å². The molecule has 0 nitrogen and oxygen atoms in total. The predicted molar refractivity (Wildman–Crippen MR) is 78.9 cm³/mol. The molecule has 0 amide bonds. The SMILES string of the molecule is Cc1cc(C(Br)c2cccc(F)c2Br)sc1Cl. The first kappa shape index (κ1) is 13.5. The summed E-state index contributed by atoms with van der Waals surface area (Å²) in [5.74, 6) is -0.258. The van der Waals surface area contributed by atoms with Crippen LogP contribution < -0.4 is 0 Å². The highest BCUT2D eigenvalue weighted by atomic mass is 79.9. The fourth-order valence-corrected chi connectivity index (χ4v) is 4.29. The molecule has 0 radical (unpaired) electrons. The third-order valence-electron chi connectivity index (χ3n) is 2.38. The normalized spacial score (nSPS) is 12.8. The maximum absolute atomic E-state index is 13.4. The van der Waals surface area contributed by atoms with Gasteiger partial charge in [-0.2, -0.15) is 0 Å². The fourth-order valence-electron chi connectivity index (χ4n) is 1.48.